The van der Waals surface area contributed by atoms with Crippen molar-refractivity contribution in [3.8, 4) is 0 Å². The average molecular weight is 452 g/mol. The summed E-state index contributed by atoms with van der Waals surface area (Å²) >= 11 is 0. The molecule has 32 heavy (non-hydrogen) atoms. The Kier molecular flexibility index (Phi) is 5.73. The third kappa shape index (κ3) is 3.66. The van der Waals surface area contributed by atoms with Crippen molar-refractivity contribution in [1.29, 1.82) is 0 Å². The number of aliphatic carboxylic acids is 1. The Morgan fingerprint density at radius 3 is 2.53 bits per heavy atom. The van der Waals surface area contributed by atoms with Crippen molar-refractivity contribution in [1.82, 2.24) is 9.47 Å². The Morgan fingerprint density at radius 2 is 1.84 bits per heavy atom. The van der Waals surface area contributed by atoms with Crippen LogP contribution in [-0.4, -0.2) is 50.3 Å². The number of alkyl halides is 3. The summed E-state index contributed by atoms with van der Waals surface area (Å²) in [5.41, 5.74) is -3.18. The molecule has 1 amide bonds. The molecule has 4 atom stereocenters. The number of carboxylic acid groups (broad SMARTS) is 1. The molecule has 1 aromatic heterocycles. The molecule has 2 aliphatic rings. The number of amides is 1. The summed E-state index contributed by atoms with van der Waals surface area (Å²) < 4.78 is 44.2. The lowest BCUT2D eigenvalue weighted by Crippen LogP contribution is -2.55. The van der Waals surface area contributed by atoms with Crippen molar-refractivity contribution in [3.63, 3.8) is 0 Å². The van der Waals surface area contributed by atoms with E-state index in [1.54, 1.807) is 25.2 Å². The van der Waals surface area contributed by atoms with Crippen LogP contribution in [0.3, 0.4) is 0 Å². The monoisotopic (exact) mass is 452 g/mol. The van der Waals surface area contributed by atoms with Crippen molar-refractivity contribution >= 4 is 22.8 Å². The second-order valence-electron chi connectivity index (χ2n) is 9.04. The van der Waals surface area contributed by atoms with E-state index < -0.39 is 42.0 Å². The van der Waals surface area contributed by atoms with Gasteiger partial charge in [-0.2, -0.15) is 13.2 Å². The minimum absolute atomic E-state index is 0.239. The molecule has 174 valence electrons. The number of hydrogen-bond donors (Lipinski definition) is 2. The summed E-state index contributed by atoms with van der Waals surface area (Å²) in [5, 5.41) is 20.8. The molecule has 4 rings (SSSR count). The van der Waals surface area contributed by atoms with Gasteiger partial charge in [0.1, 0.15) is 0 Å². The van der Waals surface area contributed by atoms with Gasteiger partial charge in [0.25, 0.3) is 0 Å². The molecule has 1 saturated carbocycles. The number of carbonyl (C=O) groups excluding carboxylic acids is 1. The van der Waals surface area contributed by atoms with Crippen LogP contribution in [0.2, 0.25) is 0 Å². The minimum Gasteiger partial charge on any atom is -0.481 e. The highest BCUT2D eigenvalue weighted by Gasteiger charge is 2.58. The molecular weight excluding hydrogens is 425 g/mol. The fraction of sp³-hybridized carbons (Fsp3) is 0.565. The largest absolute Gasteiger partial charge is 0.481 e. The maximum atomic E-state index is 14.2. The van der Waals surface area contributed by atoms with Crippen LogP contribution in [0.5, 0.6) is 0 Å². The molecule has 2 aromatic rings. The number of para-hydroxylation sites is 1. The lowest BCUT2D eigenvalue weighted by molar-refractivity contribution is -0.268. The molecule has 0 spiro atoms. The maximum Gasteiger partial charge on any atom is 0.422 e. The van der Waals surface area contributed by atoms with Crippen molar-refractivity contribution in [2.75, 3.05) is 6.54 Å². The van der Waals surface area contributed by atoms with Crippen molar-refractivity contribution < 1.29 is 33.0 Å². The number of piperidine rings is 1. The molecule has 1 aliphatic heterocycles. The third-order valence-corrected chi connectivity index (χ3v) is 7.22. The zero-order valence-corrected chi connectivity index (χ0v) is 17.8. The lowest BCUT2D eigenvalue weighted by Gasteiger charge is -2.47. The molecule has 1 aromatic carbocycles. The second kappa shape index (κ2) is 8.10. The van der Waals surface area contributed by atoms with Crippen LogP contribution in [-0.2, 0) is 22.2 Å². The Morgan fingerprint density at radius 1 is 1.12 bits per heavy atom. The number of halogens is 3. The van der Waals surface area contributed by atoms with Crippen molar-refractivity contribution in [2.24, 2.45) is 18.9 Å². The Labute approximate surface area is 183 Å². The fourth-order valence-corrected chi connectivity index (χ4v) is 5.64. The zero-order valence-electron chi connectivity index (χ0n) is 17.8. The Bertz CT molecular complexity index is 1030. The summed E-state index contributed by atoms with van der Waals surface area (Å²) in [6.45, 7) is 0.274. The standard InChI is InChI=1S/C23H27F3N2O4/c1-27-13-17(16-6-2-3-9-18(16)27)22(32,23(24,25)26)12-20(29)28-11-5-8-14-15(21(30)31)7-4-10-19(14)28/h2-3,6,9,13-15,19,32H,4-5,7-8,10-12H2,1H3,(H,30,31). The van der Waals surface area contributed by atoms with E-state index in [0.717, 1.165) is 0 Å². The molecule has 1 saturated heterocycles. The van der Waals surface area contributed by atoms with Gasteiger partial charge in [-0.05, 0) is 37.7 Å². The van der Waals surface area contributed by atoms with Crippen molar-refractivity contribution in [2.45, 2.75) is 56.3 Å². The van der Waals surface area contributed by atoms with E-state index in [9.17, 15) is 33.0 Å². The second-order valence-corrected chi connectivity index (χ2v) is 9.04. The number of rotatable bonds is 4. The molecule has 6 nitrogen and oxygen atoms in total. The molecule has 2 N–H and O–H groups in total. The van der Waals surface area contributed by atoms with E-state index in [1.165, 1.54) is 21.7 Å². The van der Waals surface area contributed by atoms with Crippen LogP contribution < -0.4 is 0 Å². The lowest BCUT2D eigenvalue weighted by atomic mass is 9.71. The number of carbonyl (C=O) groups is 2. The van der Waals surface area contributed by atoms with Crippen LogP contribution in [0, 0.1) is 11.8 Å². The summed E-state index contributed by atoms with van der Waals surface area (Å²) in [4.78, 5) is 26.3. The Hall–Kier alpha value is -2.55. The predicted octanol–water partition coefficient (Wildman–Crippen LogP) is 3.81. The van der Waals surface area contributed by atoms with Gasteiger partial charge >= 0.3 is 12.1 Å². The first-order valence-corrected chi connectivity index (χ1v) is 10.9. The normalized spacial score (nSPS) is 25.9. The third-order valence-electron chi connectivity index (χ3n) is 7.22. The number of aromatic nitrogens is 1. The summed E-state index contributed by atoms with van der Waals surface area (Å²) in [6, 6.07) is 6.03. The summed E-state index contributed by atoms with van der Waals surface area (Å²) in [5.74, 6) is -2.57. The highest BCUT2D eigenvalue weighted by atomic mass is 19.4. The van der Waals surface area contributed by atoms with Gasteiger partial charge in [0.2, 0.25) is 5.91 Å². The van der Waals surface area contributed by atoms with E-state index in [-0.39, 0.29) is 23.4 Å². The van der Waals surface area contributed by atoms with Gasteiger partial charge in [0, 0.05) is 42.3 Å². The summed E-state index contributed by atoms with van der Waals surface area (Å²) in [7, 11) is 1.59. The van der Waals surface area contributed by atoms with E-state index in [2.05, 4.69) is 0 Å². The van der Waals surface area contributed by atoms with E-state index in [4.69, 9.17) is 0 Å². The van der Waals surface area contributed by atoms with Gasteiger partial charge in [-0.1, -0.05) is 24.6 Å². The van der Waals surface area contributed by atoms with Gasteiger partial charge in [-0.15, -0.1) is 0 Å². The molecule has 1 aliphatic carbocycles. The quantitative estimate of drug-likeness (QED) is 0.739. The smallest absolute Gasteiger partial charge is 0.422 e. The van der Waals surface area contributed by atoms with Crippen LogP contribution >= 0.6 is 0 Å². The number of benzene rings is 1. The number of likely N-dealkylation sites (tertiary alicyclic amines) is 1. The number of hydrogen-bond acceptors (Lipinski definition) is 3. The predicted molar refractivity (Wildman–Crippen MR) is 111 cm³/mol. The molecule has 2 fully saturated rings. The molecule has 0 bridgehead atoms. The SMILES string of the molecule is Cn1cc(C(O)(CC(=O)N2CCCC3C(C(=O)O)CCCC32)C(F)(F)F)c2ccccc21. The van der Waals surface area contributed by atoms with Gasteiger partial charge in [0.05, 0.1) is 12.3 Å². The highest BCUT2D eigenvalue weighted by molar-refractivity contribution is 5.86. The number of carboxylic acids is 1. The fourth-order valence-electron chi connectivity index (χ4n) is 5.64. The van der Waals surface area contributed by atoms with Crippen LogP contribution in [0.15, 0.2) is 30.5 Å². The number of fused-ring (bicyclic) bond motifs is 2. The number of nitrogens with zero attached hydrogens (tertiary/aromatic N) is 2. The van der Waals surface area contributed by atoms with Crippen molar-refractivity contribution in [3.05, 3.63) is 36.0 Å². The van der Waals surface area contributed by atoms with E-state index >= 15 is 0 Å². The van der Waals surface area contributed by atoms with Crippen LogP contribution in [0.4, 0.5) is 13.2 Å². The topological polar surface area (TPSA) is 82.8 Å². The molecule has 9 heteroatoms. The molecule has 2 heterocycles. The maximum absolute atomic E-state index is 14.2. The Balaban J connectivity index is 1.68. The number of aliphatic hydroxyl groups is 1. The van der Waals surface area contributed by atoms with Gasteiger partial charge in [-0.3, -0.25) is 9.59 Å². The molecule has 0 radical (unpaired) electrons. The van der Waals surface area contributed by atoms with Crippen LogP contribution in [0.1, 0.15) is 44.1 Å². The summed E-state index contributed by atoms with van der Waals surface area (Å²) in [6.07, 6.45) is -2.11. The van der Waals surface area contributed by atoms with E-state index in [1.807, 2.05) is 0 Å². The number of aryl methyl sites for hydroxylation is 1. The molecular formula is C23H27F3N2O4. The van der Waals surface area contributed by atoms with Gasteiger partial charge < -0.3 is 19.7 Å². The zero-order chi connectivity index (χ0) is 23.3. The average Bonchev–Trinajstić information content (AvgIpc) is 3.09. The van der Waals surface area contributed by atoms with Gasteiger partial charge in [-0.25, -0.2) is 0 Å². The molecule has 4 unspecified atom stereocenters. The first kappa shape index (κ1) is 22.6. The van der Waals surface area contributed by atoms with E-state index in [0.29, 0.717) is 37.6 Å². The first-order chi connectivity index (χ1) is 15.0. The first-order valence-electron chi connectivity index (χ1n) is 10.9. The highest BCUT2D eigenvalue weighted by Crippen LogP contribution is 2.46. The van der Waals surface area contributed by atoms with Crippen LogP contribution in [0.25, 0.3) is 10.9 Å². The van der Waals surface area contributed by atoms with Gasteiger partial charge in [0.15, 0.2) is 5.60 Å². The minimum atomic E-state index is -5.07.